The quantitative estimate of drug-likeness (QED) is 0.830. The van der Waals surface area contributed by atoms with E-state index in [0.29, 0.717) is 16.2 Å². The summed E-state index contributed by atoms with van der Waals surface area (Å²) in [6.45, 7) is -0.625. The molecule has 1 aromatic rings. The zero-order valence-corrected chi connectivity index (χ0v) is 10.8. The van der Waals surface area contributed by atoms with Gasteiger partial charge in [-0.25, -0.2) is 13.8 Å². The maximum Gasteiger partial charge on any atom is 0.255 e. The third kappa shape index (κ3) is 4.04. The van der Waals surface area contributed by atoms with E-state index in [1.807, 2.05) is 0 Å². The van der Waals surface area contributed by atoms with Crippen LogP contribution in [-0.4, -0.2) is 48.2 Å². The monoisotopic (exact) mass is 310 g/mol. The molecule has 0 unspecified atom stereocenters. The van der Waals surface area contributed by atoms with Gasteiger partial charge in [0.25, 0.3) is 6.43 Å². The van der Waals surface area contributed by atoms with Gasteiger partial charge in [0.2, 0.25) is 5.95 Å². The molecule has 2 N–H and O–H groups in total. The van der Waals surface area contributed by atoms with Crippen molar-refractivity contribution in [2.45, 2.75) is 6.43 Å². The summed E-state index contributed by atoms with van der Waals surface area (Å²) >= 11 is 3.20. The zero-order chi connectivity index (χ0) is 12.8. The van der Waals surface area contributed by atoms with Crippen molar-refractivity contribution in [2.24, 2.45) is 0 Å². The molecular formula is C9H13BrF2N4O. The number of rotatable bonds is 6. The molecule has 0 aliphatic carbocycles. The Hall–Kier alpha value is -1.02. The van der Waals surface area contributed by atoms with Crippen molar-refractivity contribution in [1.82, 2.24) is 9.97 Å². The van der Waals surface area contributed by atoms with Crippen LogP contribution >= 0.6 is 15.9 Å². The minimum Gasteiger partial charge on any atom is -0.395 e. The molecule has 0 bridgehead atoms. The molecule has 1 heterocycles. The number of hydrogen-bond acceptors (Lipinski definition) is 5. The largest absolute Gasteiger partial charge is 0.395 e. The number of aliphatic hydroxyl groups is 1. The number of halogens is 3. The summed E-state index contributed by atoms with van der Waals surface area (Å²) in [6.07, 6.45) is -1.02. The Balaban J connectivity index is 2.98. The normalized spacial score (nSPS) is 10.7. The van der Waals surface area contributed by atoms with Crippen molar-refractivity contribution in [1.29, 1.82) is 0 Å². The molecule has 0 aromatic carbocycles. The maximum absolute atomic E-state index is 12.4. The van der Waals surface area contributed by atoms with Gasteiger partial charge >= 0.3 is 0 Å². The summed E-state index contributed by atoms with van der Waals surface area (Å²) in [6, 6.07) is 0. The predicted molar refractivity (Wildman–Crippen MR) is 64.6 cm³/mol. The standard InChI is InChI=1S/C9H13BrF2N4O/c1-13-9-14-4-6(10)8(15-9)16(2-3-17)5-7(11)12/h4,7,17H,2-3,5H2,1H3,(H,13,14,15). The Bertz CT molecular complexity index is 367. The van der Waals surface area contributed by atoms with Crippen LogP contribution in [0.2, 0.25) is 0 Å². The molecule has 0 fully saturated rings. The Morgan fingerprint density at radius 2 is 2.29 bits per heavy atom. The van der Waals surface area contributed by atoms with Crippen LogP contribution in [0.25, 0.3) is 0 Å². The van der Waals surface area contributed by atoms with Gasteiger partial charge < -0.3 is 15.3 Å². The molecular weight excluding hydrogens is 298 g/mol. The first kappa shape index (κ1) is 14.0. The van der Waals surface area contributed by atoms with Crippen LogP contribution in [0.1, 0.15) is 0 Å². The SMILES string of the molecule is CNc1ncc(Br)c(N(CCO)CC(F)F)n1. The number of hydrogen-bond donors (Lipinski definition) is 2. The summed E-state index contributed by atoms with van der Waals surface area (Å²) < 4.78 is 25.3. The predicted octanol–water partition coefficient (Wildman–Crippen LogP) is 1.34. The number of anilines is 2. The van der Waals surface area contributed by atoms with Crippen LogP contribution < -0.4 is 10.2 Å². The molecule has 0 saturated carbocycles. The molecule has 1 aromatic heterocycles. The van der Waals surface area contributed by atoms with Gasteiger partial charge in [-0.1, -0.05) is 0 Å². The van der Waals surface area contributed by atoms with Gasteiger partial charge in [0.05, 0.1) is 17.6 Å². The number of alkyl halides is 2. The molecule has 17 heavy (non-hydrogen) atoms. The molecule has 1 rings (SSSR count). The summed E-state index contributed by atoms with van der Waals surface area (Å²) in [7, 11) is 1.64. The third-order valence-corrected chi connectivity index (χ3v) is 2.54. The van der Waals surface area contributed by atoms with Crippen LogP contribution in [0.4, 0.5) is 20.5 Å². The second-order valence-corrected chi connectivity index (χ2v) is 4.03. The highest BCUT2D eigenvalue weighted by molar-refractivity contribution is 9.10. The summed E-state index contributed by atoms with van der Waals surface area (Å²) in [4.78, 5) is 9.31. The fourth-order valence-electron chi connectivity index (χ4n) is 1.27. The molecule has 0 aliphatic heterocycles. The second kappa shape index (κ2) is 6.65. The Morgan fingerprint density at radius 3 is 2.82 bits per heavy atom. The van der Waals surface area contributed by atoms with E-state index in [-0.39, 0.29) is 13.2 Å². The fraction of sp³-hybridized carbons (Fsp3) is 0.556. The van der Waals surface area contributed by atoms with Crippen molar-refractivity contribution in [3.8, 4) is 0 Å². The molecule has 5 nitrogen and oxygen atoms in total. The van der Waals surface area contributed by atoms with E-state index in [2.05, 4.69) is 31.2 Å². The van der Waals surface area contributed by atoms with E-state index in [9.17, 15) is 8.78 Å². The second-order valence-electron chi connectivity index (χ2n) is 3.18. The Kier molecular flexibility index (Phi) is 5.49. The van der Waals surface area contributed by atoms with Crippen molar-refractivity contribution in [2.75, 3.05) is 37.0 Å². The zero-order valence-electron chi connectivity index (χ0n) is 9.20. The van der Waals surface area contributed by atoms with Crippen molar-refractivity contribution < 1.29 is 13.9 Å². The van der Waals surface area contributed by atoms with Gasteiger partial charge in [-0.05, 0) is 15.9 Å². The van der Waals surface area contributed by atoms with E-state index < -0.39 is 13.0 Å². The van der Waals surface area contributed by atoms with Crippen LogP contribution in [0.5, 0.6) is 0 Å². The third-order valence-electron chi connectivity index (χ3n) is 1.98. The molecule has 0 atom stereocenters. The molecule has 0 saturated heterocycles. The molecule has 8 heteroatoms. The highest BCUT2D eigenvalue weighted by Gasteiger charge is 2.17. The summed E-state index contributed by atoms with van der Waals surface area (Å²) in [5.41, 5.74) is 0. The topological polar surface area (TPSA) is 61.3 Å². The van der Waals surface area contributed by atoms with Gasteiger partial charge in [-0.3, -0.25) is 0 Å². The highest BCUT2D eigenvalue weighted by Crippen LogP contribution is 2.24. The van der Waals surface area contributed by atoms with Gasteiger partial charge in [-0.15, -0.1) is 0 Å². The highest BCUT2D eigenvalue weighted by atomic mass is 79.9. The lowest BCUT2D eigenvalue weighted by Gasteiger charge is -2.23. The lowest BCUT2D eigenvalue weighted by molar-refractivity contribution is 0.152. The van der Waals surface area contributed by atoms with Crippen molar-refractivity contribution >= 4 is 27.7 Å². The van der Waals surface area contributed by atoms with E-state index in [1.165, 1.54) is 11.1 Å². The van der Waals surface area contributed by atoms with E-state index in [1.54, 1.807) is 7.05 Å². The lowest BCUT2D eigenvalue weighted by Crippen LogP contribution is -2.32. The first-order valence-electron chi connectivity index (χ1n) is 4.92. The number of aliphatic hydroxyl groups excluding tert-OH is 1. The van der Waals surface area contributed by atoms with Crippen LogP contribution in [-0.2, 0) is 0 Å². The van der Waals surface area contributed by atoms with E-state index >= 15 is 0 Å². The molecule has 0 amide bonds. The van der Waals surface area contributed by atoms with Crippen LogP contribution in [0, 0.1) is 0 Å². The van der Waals surface area contributed by atoms with E-state index in [0.717, 1.165) is 0 Å². The first-order valence-corrected chi connectivity index (χ1v) is 5.72. The average molecular weight is 311 g/mol. The van der Waals surface area contributed by atoms with Crippen LogP contribution in [0.3, 0.4) is 0 Å². The lowest BCUT2D eigenvalue weighted by atomic mass is 10.4. The molecule has 0 radical (unpaired) electrons. The maximum atomic E-state index is 12.4. The minimum absolute atomic E-state index is 0.0864. The Morgan fingerprint density at radius 1 is 1.59 bits per heavy atom. The van der Waals surface area contributed by atoms with Crippen molar-refractivity contribution in [3.63, 3.8) is 0 Å². The first-order chi connectivity index (χ1) is 8.08. The summed E-state index contributed by atoms with van der Waals surface area (Å²) in [5.74, 6) is 0.666. The van der Waals surface area contributed by atoms with Gasteiger partial charge in [0.1, 0.15) is 5.82 Å². The number of nitrogens with zero attached hydrogens (tertiary/aromatic N) is 3. The Labute approximate surface area is 106 Å². The fourth-order valence-corrected chi connectivity index (χ4v) is 1.71. The summed E-state index contributed by atoms with van der Waals surface area (Å²) in [5, 5.41) is 11.6. The molecule has 0 aliphatic rings. The minimum atomic E-state index is -2.50. The average Bonchev–Trinajstić information content (AvgIpc) is 2.28. The molecule has 0 spiro atoms. The smallest absolute Gasteiger partial charge is 0.255 e. The van der Waals surface area contributed by atoms with Crippen LogP contribution in [0.15, 0.2) is 10.7 Å². The van der Waals surface area contributed by atoms with Crippen molar-refractivity contribution in [3.05, 3.63) is 10.7 Å². The van der Waals surface area contributed by atoms with Gasteiger partial charge in [0.15, 0.2) is 0 Å². The number of nitrogens with one attached hydrogen (secondary N) is 1. The van der Waals surface area contributed by atoms with E-state index in [4.69, 9.17) is 5.11 Å². The van der Waals surface area contributed by atoms with Gasteiger partial charge in [0, 0.05) is 19.8 Å². The molecule has 96 valence electrons. The van der Waals surface area contributed by atoms with Gasteiger partial charge in [-0.2, -0.15) is 4.98 Å². The number of aromatic nitrogens is 2.